The highest BCUT2D eigenvalue weighted by atomic mass is 35.5. The van der Waals surface area contributed by atoms with Crippen molar-refractivity contribution in [1.82, 2.24) is 0 Å². The minimum Gasteiger partial charge on any atom is -0.496 e. The molecule has 0 aliphatic carbocycles. The maximum Gasteiger partial charge on any atom is 0.125 e. The lowest BCUT2D eigenvalue weighted by Gasteiger charge is -2.05. The number of aliphatic hydroxyl groups is 1. The van der Waals surface area contributed by atoms with Crippen molar-refractivity contribution < 1.29 is 9.84 Å². The van der Waals surface area contributed by atoms with Crippen LogP contribution in [0.25, 0.3) is 0 Å². The first-order valence-electron chi connectivity index (χ1n) is 5.64. The molecule has 0 amide bonds. The number of rotatable bonds is 5. The van der Waals surface area contributed by atoms with Crippen molar-refractivity contribution in [3.63, 3.8) is 0 Å². The van der Waals surface area contributed by atoms with Gasteiger partial charge in [0.2, 0.25) is 0 Å². The Labute approximate surface area is 108 Å². The standard InChI is InChI=1S/C14H17ClO2/c1-17-14-10-12(7-8-13(14)11-16)6-4-2-3-5-9-15/h7-8,10,16H,2-3,5,9,11H2,1H3. The molecule has 0 radical (unpaired) electrons. The van der Waals surface area contributed by atoms with E-state index in [0.717, 1.165) is 30.4 Å². The van der Waals surface area contributed by atoms with Crippen LogP contribution < -0.4 is 4.74 Å². The Bertz CT molecular complexity index is 404. The van der Waals surface area contributed by atoms with E-state index in [9.17, 15) is 0 Å². The quantitative estimate of drug-likeness (QED) is 0.496. The van der Waals surface area contributed by atoms with Crippen molar-refractivity contribution in [2.45, 2.75) is 25.9 Å². The summed E-state index contributed by atoms with van der Waals surface area (Å²) in [4.78, 5) is 0. The van der Waals surface area contributed by atoms with Crippen LogP contribution in [0.15, 0.2) is 18.2 Å². The van der Waals surface area contributed by atoms with Gasteiger partial charge >= 0.3 is 0 Å². The number of halogens is 1. The fourth-order valence-electron chi connectivity index (χ4n) is 1.43. The fourth-order valence-corrected chi connectivity index (χ4v) is 1.61. The van der Waals surface area contributed by atoms with Crippen LogP contribution in [-0.4, -0.2) is 18.1 Å². The summed E-state index contributed by atoms with van der Waals surface area (Å²) in [5, 5.41) is 9.09. The SMILES string of the molecule is COc1cc(C#CCCCCCl)ccc1CO. The molecule has 92 valence electrons. The molecule has 2 nitrogen and oxygen atoms in total. The largest absolute Gasteiger partial charge is 0.496 e. The number of benzene rings is 1. The lowest BCUT2D eigenvalue weighted by molar-refractivity contribution is 0.274. The van der Waals surface area contributed by atoms with Gasteiger partial charge in [0.15, 0.2) is 0 Å². The van der Waals surface area contributed by atoms with E-state index >= 15 is 0 Å². The number of hydrogen-bond acceptors (Lipinski definition) is 2. The summed E-state index contributed by atoms with van der Waals surface area (Å²) in [6.07, 6.45) is 2.89. The molecule has 0 bridgehead atoms. The molecule has 0 saturated carbocycles. The van der Waals surface area contributed by atoms with E-state index in [4.69, 9.17) is 21.4 Å². The Morgan fingerprint density at radius 3 is 2.82 bits per heavy atom. The molecule has 0 aliphatic rings. The molecule has 1 aromatic rings. The molecule has 17 heavy (non-hydrogen) atoms. The van der Waals surface area contributed by atoms with Crippen molar-refractivity contribution in [2.75, 3.05) is 13.0 Å². The molecule has 0 atom stereocenters. The summed E-state index contributed by atoms with van der Waals surface area (Å²) in [5.74, 6) is 7.55. The molecule has 0 saturated heterocycles. The summed E-state index contributed by atoms with van der Waals surface area (Å²) in [7, 11) is 1.59. The van der Waals surface area contributed by atoms with Gasteiger partial charge in [-0.05, 0) is 25.0 Å². The third-order valence-electron chi connectivity index (χ3n) is 2.38. The highest BCUT2D eigenvalue weighted by molar-refractivity contribution is 6.17. The van der Waals surface area contributed by atoms with E-state index in [-0.39, 0.29) is 6.61 Å². The van der Waals surface area contributed by atoms with Gasteiger partial charge in [0.25, 0.3) is 0 Å². The molecule has 0 aliphatic heterocycles. The van der Waals surface area contributed by atoms with Crippen LogP contribution in [0.3, 0.4) is 0 Å². The molecule has 3 heteroatoms. The molecular formula is C14H17ClO2. The zero-order chi connectivity index (χ0) is 12.5. The predicted molar refractivity (Wildman–Crippen MR) is 70.4 cm³/mol. The third kappa shape index (κ3) is 4.68. The van der Waals surface area contributed by atoms with Crippen LogP contribution in [0.5, 0.6) is 5.75 Å². The van der Waals surface area contributed by atoms with Crippen LogP contribution in [0.2, 0.25) is 0 Å². The van der Waals surface area contributed by atoms with Crippen LogP contribution in [0, 0.1) is 11.8 Å². The van der Waals surface area contributed by atoms with Crippen LogP contribution in [0.4, 0.5) is 0 Å². The van der Waals surface area contributed by atoms with E-state index < -0.39 is 0 Å². The first-order chi connectivity index (χ1) is 8.31. The Morgan fingerprint density at radius 2 is 2.18 bits per heavy atom. The summed E-state index contributed by atoms with van der Waals surface area (Å²) < 4.78 is 5.18. The lowest BCUT2D eigenvalue weighted by atomic mass is 10.1. The van der Waals surface area contributed by atoms with Crippen molar-refractivity contribution in [1.29, 1.82) is 0 Å². The molecule has 1 N–H and O–H groups in total. The lowest BCUT2D eigenvalue weighted by Crippen LogP contribution is -1.92. The van der Waals surface area contributed by atoms with E-state index in [1.54, 1.807) is 7.11 Å². The van der Waals surface area contributed by atoms with Gasteiger partial charge in [-0.15, -0.1) is 11.6 Å². The number of alkyl halides is 1. The first-order valence-corrected chi connectivity index (χ1v) is 6.18. The predicted octanol–water partition coefficient (Wildman–Crippen LogP) is 2.95. The van der Waals surface area contributed by atoms with Gasteiger partial charge in [0.05, 0.1) is 13.7 Å². The molecule has 0 heterocycles. The van der Waals surface area contributed by atoms with Crippen LogP contribution in [0.1, 0.15) is 30.4 Å². The fraction of sp³-hybridized carbons (Fsp3) is 0.429. The maximum absolute atomic E-state index is 9.09. The maximum atomic E-state index is 9.09. The highest BCUT2D eigenvalue weighted by Crippen LogP contribution is 2.19. The number of methoxy groups -OCH3 is 1. The third-order valence-corrected chi connectivity index (χ3v) is 2.64. The molecule has 0 aromatic heterocycles. The summed E-state index contributed by atoms with van der Waals surface area (Å²) >= 11 is 5.58. The Kier molecular flexibility index (Phi) is 6.54. The second-order valence-electron chi connectivity index (χ2n) is 3.63. The monoisotopic (exact) mass is 252 g/mol. The van der Waals surface area contributed by atoms with Gasteiger partial charge in [-0.1, -0.05) is 17.9 Å². The van der Waals surface area contributed by atoms with Crippen LogP contribution in [-0.2, 0) is 6.61 Å². The van der Waals surface area contributed by atoms with Crippen molar-refractivity contribution in [2.24, 2.45) is 0 Å². The molecule has 0 fully saturated rings. The molecule has 0 unspecified atom stereocenters. The highest BCUT2D eigenvalue weighted by Gasteiger charge is 2.01. The summed E-state index contributed by atoms with van der Waals surface area (Å²) in [5.41, 5.74) is 1.69. The molecule has 1 aromatic carbocycles. The molecule has 1 rings (SSSR count). The summed E-state index contributed by atoms with van der Waals surface area (Å²) in [6.45, 7) is -0.0212. The number of aliphatic hydroxyl groups excluding tert-OH is 1. The number of ether oxygens (including phenoxy) is 1. The smallest absolute Gasteiger partial charge is 0.125 e. The topological polar surface area (TPSA) is 29.5 Å². The van der Waals surface area contributed by atoms with Crippen molar-refractivity contribution >= 4 is 11.6 Å². The zero-order valence-electron chi connectivity index (χ0n) is 10.0. The molecule has 0 spiro atoms. The summed E-state index contributed by atoms with van der Waals surface area (Å²) in [6, 6.07) is 5.57. The van der Waals surface area contributed by atoms with Gasteiger partial charge in [-0.25, -0.2) is 0 Å². The van der Waals surface area contributed by atoms with Crippen LogP contribution >= 0.6 is 11.6 Å². The first kappa shape index (κ1) is 13.9. The van der Waals surface area contributed by atoms with E-state index in [1.807, 2.05) is 18.2 Å². The second-order valence-corrected chi connectivity index (χ2v) is 4.01. The molecular weight excluding hydrogens is 236 g/mol. The van der Waals surface area contributed by atoms with E-state index in [0.29, 0.717) is 11.6 Å². The zero-order valence-corrected chi connectivity index (χ0v) is 10.8. The van der Waals surface area contributed by atoms with Gasteiger partial charge in [-0.3, -0.25) is 0 Å². The normalized spacial score (nSPS) is 9.59. The average Bonchev–Trinajstić information content (AvgIpc) is 2.38. The Hall–Kier alpha value is -1.17. The average molecular weight is 253 g/mol. The van der Waals surface area contributed by atoms with E-state index in [2.05, 4.69) is 11.8 Å². The van der Waals surface area contributed by atoms with Gasteiger partial charge in [-0.2, -0.15) is 0 Å². The van der Waals surface area contributed by atoms with Gasteiger partial charge in [0, 0.05) is 23.4 Å². The van der Waals surface area contributed by atoms with E-state index in [1.165, 1.54) is 0 Å². The minimum atomic E-state index is -0.0212. The van der Waals surface area contributed by atoms with Crippen molar-refractivity contribution in [3.8, 4) is 17.6 Å². The van der Waals surface area contributed by atoms with Gasteiger partial charge in [0.1, 0.15) is 5.75 Å². The Morgan fingerprint density at radius 1 is 1.35 bits per heavy atom. The Balaban J connectivity index is 2.65. The number of hydrogen-bond donors (Lipinski definition) is 1. The minimum absolute atomic E-state index is 0.0212. The second kappa shape index (κ2) is 8.00. The van der Waals surface area contributed by atoms with Gasteiger partial charge < -0.3 is 9.84 Å². The number of unbranched alkanes of at least 4 members (excludes halogenated alkanes) is 2. The van der Waals surface area contributed by atoms with Crippen molar-refractivity contribution in [3.05, 3.63) is 29.3 Å².